The Morgan fingerprint density at radius 2 is 2.14 bits per heavy atom. The van der Waals surface area contributed by atoms with Crippen LogP contribution in [0.25, 0.3) is 11.6 Å². The minimum absolute atomic E-state index is 0.203. The minimum Gasteiger partial charge on any atom is -0.481 e. The number of fused-ring (bicyclic) bond motifs is 1. The van der Waals surface area contributed by atoms with Gasteiger partial charge in [-0.2, -0.15) is 0 Å². The lowest BCUT2D eigenvalue weighted by Crippen LogP contribution is -2.24. The SMILES string of the molecule is Cc1ccc(-c2nc(C(=O)O)c3n2CCCC3C(=O)O)o1. The van der Waals surface area contributed by atoms with Crippen LogP contribution in [0.3, 0.4) is 0 Å². The van der Waals surface area contributed by atoms with Crippen molar-refractivity contribution in [3.63, 3.8) is 0 Å². The fraction of sp³-hybridized carbons (Fsp3) is 0.357. The van der Waals surface area contributed by atoms with E-state index in [9.17, 15) is 19.8 Å². The zero-order valence-corrected chi connectivity index (χ0v) is 11.4. The molecule has 0 saturated carbocycles. The Labute approximate surface area is 119 Å². The van der Waals surface area contributed by atoms with E-state index in [1.54, 1.807) is 23.6 Å². The van der Waals surface area contributed by atoms with Crippen molar-refractivity contribution >= 4 is 11.9 Å². The van der Waals surface area contributed by atoms with E-state index < -0.39 is 17.9 Å². The lowest BCUT2D eigenvalue weighted by Gasteiger charge is -2.22. The van der Waals surface area contributed by atoms with Gasteiger partial charge in [0.1, 0.15) is 5.76 Å². The molecule has 0 saturated heterocycles. The number of nitrogens with zero attached hydrogens (tertiary/aromatic N) is 2. The number of hydrogen-bond donors (Lipinski definition) is 2. The highest BCUT2D eigenvalue weighted by molar-refractivity contribution is 5.90. The van der Waals surface area contributed by atoms with E-state index in [1.807, 2.05) is 0 Å². The number of furan rings is 1. The predicted molar refractivity (Wildman–Crippen MR) is 71.2 cm³/mol. The third kappa shape index (κ3) is 2.10. The van der Waals surface area contributed by atoms with Crippen LogP contribution in [0.5, 0.6) is 0 Å². The standard InChI is InChI=1S/C14H14N2O5/c1-7-4-5-9(21-7)12-15-10(14(19)20)11-8(13(17)18)3-2-6-16(11)12/h4-5,8H,2-3,6H2,1H3,(H,17,18)(H,19,20). The van der Waals surface area contributed by atoms with Gasteiger partial charge in [-0.1, -0.05) is 0 Å². The molecule has 1 aliphatic heterocycles. The van der Waals surface area contributed by atoms with Crippen LogP contribution in [-0.4, -0.2) is 31.7 Å². The van der Waals surface area contributed by atoms with E-state index in [4.69, 9.17) is 4.42 Å². The maximum Gasteiger partial charge on any atom is 0.356 e. The number of carboxylic acid groups (broad SMARTS) is 2. The van der Waals surface area contributed by atoms with E-state index in [-0.39, 0.29) is 11.4 Å². The molecule has 0 spiro atoms. The molecule has 1 unspecified atom stereocenters. The molecule has 7 nitrogen and oxygen atoms in total. The first-order valence-corrected chi connectivity index (χ1v) is 6.62. The van der Waals surface area contributed by atoms with Crippen LogP contribution in [0.4, 0.5) is 0 Å². The number of imidazole rings is 1. The summed E-state index contributed by atoms with van der Waals surface area (Å²) < 4.78 is 7.16. The first kappa shape index (κ1) is 13.4. The molecule has 110 valence electrons. The monoisotopic (exact) mass is 290 g/mol. The summed E-state index contributed by atoms with van der Waals surface area (Å²) in [6.45, 7) is 2.32. The summed E-state index contributed by atoms with van der Waals surface area (Å²) in [5, 5.41) is 18.6. The molecule has 1 aliphatic rings. The summed E-state index contributed by atoms with van der Waals surface area (Å²) in [5.41, 5.74) is 0.0523. The Morgan fingerprint density at radius 1 is 1.38 bits per heavy atom. The van der Waals surface area contributed by atoms with Gasteiger partial charge in [-0.05, 0) is 31.9 Å². The van der Waals surface area contributed by atoms with Gasteiger partial charge in [0.05, 0.1) is 11.6 Å². The highest BCUT2D eigenvalue weighted by Crippen LogP contribution is 2.35. The Morgan fingerprint density at radius 3 is 2.71 bits per heavy atom. The van der Waals surface area contributed by atoms with Gasteiger partial charge in [0.2, 0.25) is 0 Å². The van der Waals surface area contributed by atoms with Crippen LogP contribution < -0.4 is 0 Å². The Bertz CT molecular complexity index is 728. The van der Waals surface area contributed by atoms with Crippen LogP contribution in [0, 0.1) is 6.92 Å². The zero-order valence-electron chi connectivity index (χ0n) is 11.4. The van der Waals surface area contributed by atoms with Gasteiger partial charge in [0.15, 0.2) is 17.3 Å². The van der Waals surface area contributed by atoms with E-state index in [1.165, 1.54) is 0 Å². The normalized spacial score (nSPS) is 17.5. The highest BCUT2D eigenvalue weighted by Gasteiger charge is 2.35. The van der Waals surface area contributed by atoms with E-state index in [0.29, 0.717) is 36.7 Å². The molecule has 7 heteroatoms. The van der Waals surface area contributed by atoms with E-state index >= 15 is 0 Å². The van der Waals surface area contributed by atoms with Crippen LogP contribution in [0.1, 0.15) is 40.7 Å². The second kappa shape index (κ2) is 4.76. The summed E-state index contributed by atoms with van der Waals surface area (Å²) in [4.78, 5) is 26.9. The molecule has 1 atom stereocenters. The largest absolute Gasteiger partial charge is 0.481 e. The Kier molecular flexibility index (Phi) is 3.04. The number of carbonyl (C=O) groups is 2. The minimum atomic E-state index is -1.22. The summed E-state index contributed by atoms with van der Waals surface area (Å²) in [6, 6.07) is 3.47. The van der Waals surface area contributed by atoms with Crippen molar-refractivity contribution in [3.8, 4) is 11.6 Å². The fourth-order valence-electron chi connectivity index (χ4n) is 2.78. The number of aliphatic carboxylic acids is 1. The first-order chi connectivity index (χ1) is 9.99. The molecular formula is C14H14N2O5. The molecule has 3 rings (SSSR count). The summed E-state index contributed by atoms with van der Waals surface area (Å²) in [7, 11) is 0. The molecule has 0 aromatic carbocycles. The van der Waals surface area contributed by atoms with Crippen LogP contribution >= 0.6 is 0 Å². The van der Waals surface area contributed by atoms with Gasteiger partial charge in [0, 0.05) is 6.54 Å². The predicted octanol–water partition coefficient (Wildman–Crippen LogP) is 2.11. The number of aryl methyl sites for hydroxylation is 1. The van der Waals surface area contributed by atoms with Crippen molar-refractivity contribution in [2.45, 2.75) is 32.2 Å². The number of hydrogen-bond acceptors (Lipinski definition) is 4. The van der Waals surface area contributed by atoms with Crippen LogP contribution in [0.15, 0.2) is 16.5 Å². The van der Waals surface area contributed by atoms with Gasteiger partial charge >= 0.3 is 11.9 Å². The van der Waals surface area contributed by atoms with Gasteiger partial charge in [-0.3, -0.25) is 4.79 Å². The quantitative estimate of drug-likeness (QED) is 0.896. The number of carboxylic acids is 2. The summed E-state index contributed by atoms with van der Waals surface area (Å²) in [5.74, 6) is -1.58. The molecule has 0 aliphatic carbocycles. The lowest BCUT2D eigenvalue weighted by molar-refractivity contribution is -0.139. The molecule has 2 N–H and O–H groups in total. The van der Waals surface area contributed by atoms with Crippen molar-refractivity contribution in [2.75, 3.05) is 0 Å². The number of aromatic nitrogens is 2. The molecule has 0 amide bonds. The number of rotatable bonds is 3. The second-order valence-electron chi connectivity index (χ2n) is 5.07. The van der Waals surface area contributed by atoms with Gasteiger partial charge < -0.3 is 19.2 Å². The maximum atomic E-state index is 11.4. The third-order valence-corrected chi connectivity index (χ3v) is 3.67. The zero-order chi connectivity index (χ0) is 15.1. The Hall–Kier alpha value is -2.57. The van der Waals surface area contributed by atoms with Crippen molar-refractivity contribution in [1.29, 1.82) is 0 Å². The summed E-state index contributed by atoms with van der Waals surface area (Å²) >= 11 is 0. The average molecular weight is 290 g/mol. The average Bonchev–Trinajstić information content (AvgIpc) is 3.01. The van der Waals surface area contributed by atoms with Crippen LogP contribution in [-0.2, 0) is 11.3 Å². The summed E-state index contributed by atoms with van der Waals surface area (Å²) in [6.07, 6.45) is 1.07. The lowest BCUT2D eigenvalue weighted by atomic mass is 9.94. The van der Waals surface area contributed by atoms with Gasteiger partial charge in [-0.15, -0.1) is 0 Å². The number of aromatic carboxylic acids is 1. The molecule has 2 aromatic rings. The van der Waals surface area contributed by atoms with E-state index in [2.05, 4.69) is 4.98 Å². The molecular weight excluding hydrogens is 276 g/mol. The van der Waals surface area contributed by atoms with Crippen LogP contribution in [0.2, 0.25) is 0 Å². The molecule has 0 bridgehead atoms. The van der Waals surface area contributed by atoms with Crippen molar-refractivity contribution in [2.24, 2.45) is 0 Å². The molecule has 21 heavy (non-hydrogen) atoms. The topological polar surface area (TPSA) is 106 Å². The smallest absolute Gasteiger partial charge is 0.356 e. The van der Waals surface area contributed by atoms with Gasteiger partial charge in [0.25, 0.3) is 0 Å². The molecule has 0 radical (unpaired) electrons. The van der Waals surface area contributed by atoms with Crippen molar-refractivity contribution < 1.29 is 24.2 Å². The van der Waals surface area contributed by atoms with Crippen molar-refractivity contribution in [1.82, 2.24) is 9.55 Å². The Balaban J connectivity index is 2.22. The maximum absolute atomic E-state index is 11.4. The third-order valence-electron chi connectivity index (χ3n) is 3.67. The van der Waals surface area contributed by atoms with Crippen molar-refractivity contribution in [3.05, 3.63) is 29.3 Å². The highest BCUT2D eigenvalue weighted by atomic mass is 16.4. The first-order valence-electron chi connectivity index (χ1n) is 6.62. The fourth-order valence-corrected chi connectivity index (χ4v) is 2.78. The second-order valence-corrected chi connectivity index (χ2v) is 5.07. The van der Waals surface area contributed by atoms with E-state index in [0.717, 1.165) is 0 Å². The molecule has 2 aromatic heterocycles. The molecule has 3 heterocycles. The van der Waals surface area contributed by atoms with Gasteiger partial charge in [-0.25, -0.2) is 9.78 Å². The molecule has 0 fully saturated rings.